The van der Waals surface area contributed by atoms with E-state index in [0.29, 0.717) is 19.4 Å². The minimum atomic E-state index is 0.0500. The Labute approximate surface area is 170 Å². The number of carbonyl (C=O) groups is 1. The van der Waals surface area contributed by atoms with Crippen molar-refractivity contribution in [3.05, 3.63) is 71.0 Å². The van der Waals surface area contributed by atoms with Crippen molar-refractivity contribution in [3.8, 4) is 11.4 Å². The molecule has 0 aliphatic heterocycles. The molecule has 4 rings (SSSR count). The van der Waals surface area contributed by atoms with Gasteiger partial charge in [0.25, 0.3) is 0 Å². The van der Waals surface area contributed by atoms with Gasteiger partial charge in [0.1, 0.15) is 5.82 Å². The van der Waals surface area contributed by atoms with E-state index in [-0.39, 0.29) is 5.91 Å². The fraction of sp³-hybridized carbons (Fsp3) is 0.261. The van der Waals surface area contributed by atoms with Gasteiger partial charge in [-0.2, -0.15) is 5.10 Å². The second-order valence-electron chi connectivity index (χ2n) is 7.35. The maximum Gasteiger partial charge on any atom is 0.220 e. The molecule has 0 radical (unpaired) electrons. The molecule has 0 unspecified atom stereocenters. The molecule has 2 heterocycles. The highest BCUT2D eigenvalue weighted by molar-refractivity contribution is 5.79. The van der Waals surface area contributed by atoms with Crippen molar-refractivity contribution in [2.45, 2.75) is 33.2 Å². The fourth-order valence-corrected chi connectivity index (χ4v) is 3.58. The summed E-state index contributed by atoms with van der Waals surface area (Å²) in [4.78, 5) is 20.2. The Bertz CT molecular complexity index is 1120. The first-order valence-electron chi connectivity index (χ1n) is 9.81. The molecule has 4 aromatic rings. The number of aromatic amines is 1. The molecule has 0 saturated carbocycles. The Kier molecular flexibility index (Phi) is 5.16. The van der Waals surface area contributed by atoms with Gasteiger partial charge >= 0.3 is 0 Å². The summed E-state index contributed by atoms with van der Waals surface area (Å²) in [5.74, 6) is 0.901. The van der Waals surface area contributed by atoms with E-state index in [0.717, 1.165) is 44.9 Å². The lowest BCUT2D eigenvalue weighted by Crippen LogP contribution is -2.23. The topological polar surface area (TPSA) is 75.6 Å². The first-order chi connectivity index (χ1) is 14.0. The van der Waals surface area contributed by atoms with Gasteiger partial charge in [-0.05, 0) is 43.5 Å². The number of hydrogen-bond donors (Lipinski definition) is 2. The average Bonchev–Trinajstić information content (AvgIpc) is 3.26. The Morgan fingerprint density at radius 3 is 2.55 bits per heavy atom. The van der Waals surface area contributed by atoms with Crippen molar-refractivity contribution in [3.63, 3.8) is 0 Å². The van der Waals surface area contributed by atoms with Crippen LogP contribution < -0.4 is 5.32 Å². The highest BCUT2D eigenvalue weighted by atomic mass is 16.1. The number of benzene rings is 2. The number of para-hydroxylation sites is 2. The van der Waals surface area contributed by atoms with Gasteiger partial charge in [-0.15, -0.1) is 0 Å². The van der Waals surface area contributed by atoms with Crippen LogP contribution in [0.2, 0.25) is 0 Å². The van der Waals surface area contributed by atoms with Crippen molar-refractivity contribution >= 4 is 16.9 Å². The molecule has 2 aromatic carbocycles. The van der Waals surface area contributed by atoms with Crippen LogP contribution in [-0.4, -0.2) is 25.7 Å². The van der Waals surface area contributed by atoms with E-state index >= 15 is 0 Å². The van der Waals surface area contributed by atoms with Crippen LogP contribution in [0.25, 0.3) is 22.4 Å². The minimum Gasteiger partial charge on any atom is -0.352 e. The van der Waals surface area contributed by atoms with Crippen LogP contribution in [0.1, 0.15) is 28.9 Å². The quantitative estimate of drug-likeness (QED) is 0.528. The number of fused-ring (bicyclic) bond motifs is 1. The SMILES string of the molecule is Cc1nn(C)c(C)c1CCC(=O)NCc1ccc(-c2nc3ccccc3[nH]2)cc1. The Balaban J connectivity index is 1.33. The molecule has 0 fully saturated rings. The summed E-state index contributed by atoms with van der Waals surface area (Å²) in [5.41, 5.74) is 7.36. The number of carbonyl (C=O) groups excluding carboxylic acids is 1. The summed E-state index contributed by atoms with van der Waals surface area (Å²) in [6.45, 7) is 4.55. The zero-order valence-electron chi connectivity index (χ0n) is 17.0. The smallest absolute Gasteiger partial charge is 0.220 e. The summed E-state index contributed by atoms with van der Waals surface area (Å²) in [6.07, 6.45) is 1.17. The minimum absolute atomic E-state index is 0.0500. The molecule has 1 amide bonds. The van der Waals surface area contributed by atoms with E-state index in [9.17, 15) is 4.79 Å². The predicted molar refractivity (Wildman–Crippen MR) is 114 cm³/mol. The Morgan fingerprint density at radius 1 is 1.10 bits per heavy atom. The maximum atomic E-state index is 12.3. The third-order valence-electron chi connectivity index (χ3n) is 5.37. The van der Waals surface area contributed by atoms with Gasteiger partial charge in [-0.3, -0.25) is 9.48 Å². The molecule has 6 heteroatoms. The molecule has 0 atom stereocenters. The summed E-state index contributed by atoms with van der Waals surface area (Å²) in [5, 5.41) is 7.41. The molecule has 0 saturated heterocycles. The molecule has 29 heavy (non-hydrogen) atoms. The highest BCUT2D eigenvalue weighted by Crippen LogP contribution is 2.20. The lowest BCUT2D eigenvalue weighted by molar-refractivity contribution is -0.121. The van der Waals surface area contributed by atoms with Crippen LogP contribution >= 0.6 is 0 Å². The van der Waals surface area contributed by atoms with Crippen LogP contribution in [0, 0.1) is 13.8 Å². The van der Waals surface area contributed by atoms with E-state index in [4.69, 9.17) is 0 Å². The average molecular weight is 387 g/mol. The highest BCUT2D eigenvalue weighted by Gasteiger charge is 2.11. The zero-order valence-corrected chi connectivity index (χ0v) is 17.0. The number of H-pyrrole nitrogens is 1. The van der Waals surface area contributed by atoms with Crippen LogP contribution in [0.4, 0.5) is 0 Å². The number of hydrogen-bond acceptors (Lipinski definition) is 3. The molecule has 6 nitrogen and oxygen atoms in total. The van der Waals surface area contributed by atoms with E-state index < -0.39 is 0 Å². The number of nitrogens with zero attached hydrogens (tertiary/aromatic N) is 3. The predicted octanol–water partition coefficient (Wildman–Crippen LogP) is 3.83. The number of rotatable bonds is 6. The van der Waals surface area contributed by atoms with Crippen LogP contribution in [0.3, 0.4) is 0 Å². The van der Waals surface area contributed by atoms with Crippen LogP contribution in [0.15, 0.2) is 48.5 Å². The zero-order chi connectivity index (χ0) is 20.4. The van der Waals surface area contributed by atoms with Gasteiger partial charge < -0.3 is 10.3 Å². The van der Waals surface area contributed by atoms with Crippen LogP contribution in [-0.2, 0) is 24.8 Å². The largest absolute Gasteiger partial charge is 0.352 e. The van der Waals surface area contributed by atoms with Gasteiger partial charge in [0.05, 0.1) is 16.7 Å². The second-order valence-corrected chi connectivity index (χ2v) is 7.35. The maximum absolute atomic E-state index is 12.3. The summed E-state index contributed by atoms with van der Waals surface area (Å²) < 4.78 is 1.87. The molecule has 0 spiro atoms. The van der Waals surface area contributed by atoms with Crippen molar-refractivity contribution in [1.82, 2.24) is 25.1 Å². The molecule has 2 aromatic heterocycles. The van der Waals surface area contributed by atoms with Crippen molar-refractivity contribution in [2.24, 2.45) is 7.05 Å². The third-order valence-corrected chi connectivity index (χ3v) is 5.37. The van der Waals surface area contributed by atoms with Gasteiger partial charge in [0.2, 0.25) is 5.91 Å². The van der Waals surface area contributed by atoms with Crippen molar-refractivity contribution < 1.29 is 4.79 Å². The molecule has 0 bridgehead atoms. The number of nitrogens with one attached hydrogen (secondary N) is 2. The van der Waals surface area contributed by atoms with Gasteiger partial charge in [0.15, 0.2) is 0 Å². The molecule has 2 N–H and O–H groups in total. The fourth-order valence-electron chi connectivity index (χ4n) is 3.58. The van der Waals surface area contributed by atoms with E-state index in [2.05, 4.69) is 20.4 Å². The molecular weight excluding hydrogens is 362 g/mol. The van der Waals surface area contributed by atoms with Crippen molar-refractivity contribution in [1.29, 1.82) is 0 Å². The first kappa shape index (κ1) is 18.9. The summed E-state index contributed by atoms with van der Waals surface area (Å²) >= 11 is 0. The molecular formula is C23H25N5O. The van der Waals surface area contributed by atoms with Gasteiger partial charge in [0, 0.05) is 31.3 Å². The number of aryl methyl sites for hydroxylation is 2. The normalized spacial score (nSPS) is 11.1. The van der Waals surface area contributed by atoms with E-state index in [1.165, 1.54) is 0 Å². The second kappa shape index (κ2) is 7.91. The number of imidazole rings is 1. The van der Waals surface area contributed by atoms with Gasteiger partial charge in [-0.25, -0.2) is 4.98 Å². The number of amides is 1. The monoisotopic (exact) mass is 387 g/mol. The van der Waals surface area contributed by atoms with Crippen LogP contribution in [0.5, 0.6) is 0 Å². The summed E-state index contributed by atoms with van der Waals surface area (Å²) in [7, 11) is 1.93. The first-order valence-corrected chi connectivity index (χ1v) is 9.81. The van der Waals surface area contributed by atoms with E-state index in [1.54, 1.807) is 0 Å². The molecule has 0 aliphatic rings. The molecule has 148 valence electrons. The standard InChI is InChI=1S/C23H25N5O/c1-15-19(16(2)28(3)27-15)12-13-22(29)24-14-17-8-10-18(11-9-17)23-25-20-6-4-5-7-21(20)26-23/h4-11H,12-14H2,1-3H3,(H,24,29)(H,25,26). The van der Waals surface area contributed by atoms with Gasteiger partial charge in [-0.1, -0.05) is 36.4 Å². The summed E-state index contributed by atoms with van der Waals surface area (Å²) in [6, 6.07) is 16.1. The lowest BCUT2D eigenvalue weighted by Gasteiger charge is -2.07. The lowest BCUT2D eigenvalue weighted by atomic mass is 10.1. The Hall–Kier alpha value is -3.41. The van der Waals surface area contributed by atoms with E-state index in [1.807, 2.05) is 74.1 Å². The number of aromatic nitrogens is 4. The molecule has 0 aliphatic carbocycles. The van der Waals surface area contributed by atoms with Crippen molar-refractivity contribution in [2.75, 3.05) is 0 Å². The Morgan fingerprint density at radius 2 is 1.86 bits per heavy atom. The third kappa shape index (κ3) is 4.06.